The van der Waals surface area contributed by atoms with Gasteiger partial charge in [-0.25, -0.2) is 4.98 Å². The van der Waals surface area contributed by atoms with E-state index >= 15 is 0 Å². The minimum absolute atomic E-state index is 0.157. The van der Waals surface area contributed by atoms with Crippen LogP contribution in [0.1, 0.15) is 12.8 Å². The molecule has 0 spiro atoms. The number of anilines is 1. The van der Waals surface area contributed by atoms with E-state index in [2.05, 4.69) is 25.8 Å². The van der Waals surface area contributed by atoms with Gasteiger partial charge in [-0.2, -0.15) is 0 Å². The summed E-state index contributed by atoms with van der Waals surface area (Å²) in [5.41, 5.74) is 0. The molecule has 2 aliphatic heterocycles. The van der Waals surface area contributed by atoms with E-state index in [1.165, 1.54) is 0 Å². The van der Waals surface area contributed by atoms with E-state index in [1.807, 2.05) is 17.0 Å². The lowest BCUT2D eigenvalue weighted by atomic mass is 10.2. The molecule has 20 heavy (non-hydrogen) atoms. The fourth-order valence-electron chi connectivity index (χ4n) is 2.70. The maximum Gasteiger partial charge on any atom is 0.251 e. The van der Waals surface area contributed by atoms with Crippen LogP contribution < -0.4 is 4.90 Å². The fourth-order valence-corrected chi connectivity index (χ4v) is 3.02. The third kappa shape index (κ3) is 2.96. The van der Waals surface area contributed by atoms with Gasteiger partial charge >= 0.3 is 0 Å². The van der Waals surface area contributed by atoms with Crippen LogP contribution in [0, 0.1) is 0 Å². The number of nitrogens with zero attached hydrogens (tertiary/aromatic N) is 3. The van der Waals surface area contributed by atoms with Gasteiger partial charge in [0, 0.05) is 43.5 Å². The fraction of sp³-hybridized carbons (Fsp3) is 0.571. The number of amides is 1. The van der Waals surface area contributed by atoms with Crippen LogP contribution in [-0.2, 0) is 9.53 Å². The maximum absolute atomic E-state index is 12.3. The molecule has 0 radical (unpaired) electrons. The summed E-state index contributed by atoms with van der Waals surface area (Å²) in [6, 6.07) is 3.93. The minimum Gasteiger partial charge on any atom is -0.368 e. The van der Waals surface area contributed by atoms with Crippen molar-refractivity contribution in [1.82, 2.24) is 9.88 Å². The van der Waals surface area contributed by atoms with Crippen molar-refractivity contribution in [2.75, 3.05) is 37.7 Å². The van der Waals surface area contributed by atoms with Crippen LogP contribution in [0.25, 0.3) is 0 Å². The SMILES string of the molecule is O=C([C@@H]1CCCO1)N1CCN(c2cc(Br)ccn2)CC1. The van der Waals surface area contributed by atoms with Crippen molar-refractivity contribution in [3.8, 4) is 0 Å². The Morgan fingerprint density at radius 3 is 2.80 bits per heavy atom. The zero-order valence-corrected chi connectivity index (χ0v) is 12.9. The average Bonchev–Trinajstić information content (AvgIpc) is 3.01. The molecule has 2 aliphatic rings. The lowest BCUT2D eigenvalue weighted by Gasteiger charge is -2.36. The molecule has 1 amide bonds. The second-order valence-electron chi connectivity index (χ2n) is 5.15. The molecular weight excluding hydrogens is 322 g/mol. The molecule has 1 aromatic rings. The van der Waals surface area contributed by atoms with E-state index < -0.39 is 0 Å². The first-order chi connectivity index (χ1) is 9.74. The molecule has 0 aliphatic carbocycles. The first kappa shape index (κ1) is 13.8. The molecule has 1 atom stereocenters. The Balaban J connectivity index is 1.58. The predicted octanol–water partition coefficient (Wildman–Crippen LogP) is 1.67. The van der Waals surface area contributed by atoms with Gasteiger partial charge in [0.25, 0.3) is 5.91 Å². The largest absolute Gasteiger partial charge is 0.368 e. The van der Waals surface area contributed by atoms with Gasteiger partial charge in [-0.1, -0.05) is 15.9 Å². The second kappa shape index (κ2) is 6.10. The highest BCUT2D eigenvalue weighted by atomic mass is 79.9. The monoisotopic (exact) mass is 339 g/mol. The third-order valence-electron chi connectivity index (χ3n) is 3.83. The van der Waals surface area contributed by atoms with Crippen LogP contribution in [0.5, 0.6) is 0 Å². The summed E-state index contributed by atoms with van der Waals surface area (Å²) in [6.07, 6.45) is 3.46. The van der Waals surface area contributed by atoms with E-state index in [-0.39, 0.29) is 12.0 Å². The molecule has 0 aromatic carbocycles. The van der Waals surface area contributed by atoms with Gasteiger partial charge in [0.15, 0.2) is 0 Å². The molecule has 1 aromatic heterocycles. The van der Waals surface area contributed by atoms with Crippen molar-refractivity contribution in [2.24, 2.45) is 0 Å². The summed E-state index contributed by atoms with van der Waals surface area (Å²) in [7, 11) is 0. The van der Waals surface area contributed by atoms with Crippen molar-refractivity contribution in [2.45, 2.75) is 18.9 Å². The molecule has 0 unspecified atom stereocenters. The highest BCUT2D eigenvalue weighted by Gasteiger charge is 2.30. The number of pyridine rings is 1. The highest BCUT2D eigenvalue weighted by Crippen LogP contribution is 2.20. The molecule has 5 nitrogen and oxygen atoms in total. The van der Waals surface area contributed by atoms with E-state index in [4.69, 9.17) is 4.74 Å². The number of carbonyl (C=O) groups is 1. The Kier molecular flexibility index (Phi) is 4.21. The Morgan fingerprint density at radius 1 is 1.35 bits per heavy atom. The maximum atomic E-state index is 12.3. The number of halogens is 1. The Morgan fingerprint density at radius 2 is 2.15 bits per heavy atom. The molecular formula is C14H18BrN3O2. The number of rotatable bonds is 2. The lowest BCUT2D eigenvalue weighted by molar-refractivity contribution is -0.141. The second-order valence-corrected chi connectivity index (χ2v) is 6.06. The number of aromatic nitrogens is 1. The molecule has 3 rings (SSSR count). The van der Waals surface area contributed by atoms with Crippen LogP contribution in [0.4, 0.5) is 5.82 Å². The number of ether oxygens (including phenoxy) is 1. The lowest BCUT2D eigenvalue weighted by Crippen LogP contribution is -2.51. The van der Waals surface area contributed by atoms with Gasteiger partial charge in [-0.05, 0) is 25.0 Å². The average molecular weight is 340 g/mol. The van der Waals surface area contributed by atoms with E-state index in [0.717, 1.165) is 55.9 Å². The molecule has 2 fully saturated rings. The Hall–Kier alpha value is -1.14. The molecule has 0 saturated carbocycles. The van der Waals surface area contributed by atoms with Crippen molar-refractivity contribution < 1.29 is 9.53 Å². The predicted molar refractivity (Wildman–Crippen MR) is 79.7 cm³/mol. The third-order valence-corrected chi connectivity index (χ3v) is 4.32. The summed E-state index contributed by atoms with van der Waals surface area (Å²) in [5.74, 6) is 1.12. The summed E-state index contributed by atoms with van der Waals surface area (Å²) in [5, 5.41) is 0. The number of carbonyl (C=O) groups excluding carboxylic acids is 1. The van der Waals surface area contributed by atoms with Crippen LogP contribution in [0.3, 0.4) is 0 Å². The molecule has 6 heteroatoms. The van der Waals surface area contributed by atoms with Gasteiger partial charge < -0.3 is 14.5 Å². The van der Waals surface area contributed by atoms with Gasteiger partial charge in [0.05, 0.1) is 0 Å². The van der Waals surface area contributed by atoms with Crippen molar-refractivity contribution in [3.05, 3.63) is 22.8 Å². The number of piperazine rings is 1. The van der Waals surface area contributed by atoms with Crippen molar-refractivity contribution in [3.63, 3.8) is 0 Å². The zero-order valence-electron chi connectivity index (χ0n) is 11.3. The quantitative estimate of drug-likeness (QED) is 0.822. The molecule has 0 N–H and O–H groups in total. The van der Waals surface area contributed by atoms with E-state index in [0.29, 0.717) is 0 Å². The summed E-state index contributed by atoms with van der Waals surface area (Å²) >= 11 is 3.46. The number of hydrogen-bond acceptors (Lipinski definition) is 4. The summed E-state index contributed by atoms with van der Waals surface area (Å²) in [6.45, 7) is 3.85. The molecule has 0 bridgehead atoms. The van der Waals surface area contributed by atoms with E-state index in [1.54, 1.807) is 6.20 Å². The van der Waals surface area contributed by atoms with Crippen LogP contribution >= 0.6 is 15.9 Å². The first-order valence-corrected chi connectivity index (χ1v) is 7.80. The standard InChI is InChI=1S/C14H18BrN3O2/c15-11-3-4-16-13(10-11)17-5-7-18(8-6-17)14(19)12-2-1-9-20-12/h3-4,10,12H,1-2,5-9H2/t12-/m0/s1. The number of hydrogen-bond donors (Lipinski definition) is 0. The topological polar surface area (TPSA) is 45.7 Å². The highest BCUT2D eigenvalue weighted by molar-refractivity contribution is 9.10. The van der Waals surface area contributed by atoms with E-state index in [9.17, 15) is 4.79 Å². The molecule has 3 heterocycles. The minimum atomic E-state index is -0.203. The first-order valence-electron chi connectivity index (χ1n) is 7.01. The summed E-state index contributed by atoms with van der Waals surface area (Å²) < 4.78 is 6.50. The Labute approximate surface area is 127 Å². The Bertz CT molecular complexity index is 483. The van der Waals surface area contributed by atoms with Crippen LogP contribution in [0.15, 0.2) is 22.8 Å². The van der Waals surface area contributed by atoms with Crippen LogP contribution in [-0.4, -0.2) is 54.7 Å². The van der Waals surface area contributed by atoms with Crippen LogP contribution in [0.2, 0.25) is 0 Å². The normalized spacial score (nSPS) is 23.1. The van der Waals surface area contributed by atoms with Gasteiger partial charge in [0.1, 0.15) is 11.9 Å². The van der Waals surface area contributed by atoms with Gasteiger partial charge in [0.2, 0.25) is 0 Å². The smallest absolute Gasteiger partial charge is 0.251 e. The molecule has 108 valence electrons. The summed E-state index contributed by atoms with van der Waals surface area (Å²) in [4.78, 5) is 20.8. The van der Waals surface area contributed by atoms with Crippen molar-refractivity contribution in [1.29, 1.82) is 0 Å². The van der Waals surface area contributed by atoms with Gasteiger partial charge in [-0.3, -0.25) is 4.79 Å². The van der Waals surface area contributed by atoms with Gasteiger partial charge in [-0.15, -0.1) is 0 Å². The molecule has 2 saturated heterocycles. The zero-order chi connectivity index (χ0) is 13.9. The van der Waals surface area contributed by atoms with Crippen molar-refractivity contribution >= 4 is 27.7 Å².